The summed E-state index contributed by atoms with van der Waals surface area (Å²) in [5.74, 6) is 2.99. The molecule has 2 aliphatic carbocycles. The summed E-state index contributed by atoms with van der Waals surface area (Å²) in [7, 11) is 0. The molecule has 0 radical (unpaired) electrons. The first-order valence-electron chi connectivity index (χ1n) is 5.53. The summed E-state index contributed by atoms with van der Waals surface area (Å²) in [5, 5.41) is 0. The van der Waals surface area contributed by atoms with Gasteiger partial charge in [0.2, 0.25) is 0 Å². The summed E-state index contributed by atoms with van der Waals surface area (Å²) >= 11 is 0. The van der Waals surface area contributed by atoms with E-state index < -0.39 is 0 Å². The van der Waals surface area contributed by atoms with E-state index in [-0.39, 0.29) is 0 Å². The van der Waals surface area contributed by atoms with Crippen LogP contribution in [0.4, 0.5) is 0 Å². The minimum atomic E-state index is 0.525. The molecule has 2 aliphatic rings. The fourth-order valence-electron chi connectivity index (χ4n) is 3.32. The molecule has 2 N–H and O–H groups in total. The van der Waals surface area contributed by atoms with Crippen molar-refractivity contribution in [3.05, 3.63) is 0 Å². The van der Waals surface area contributed by atoms with Gasteiger partial charge in [-0.2, -0.15) is 0 Å². The Kier molecular flexibility index (Phi) is 2.40. The van der Waals surface area contributed by atoms with Crippen LogP contribution in [0, 0.1) is 17.8 Å². The van der Waals surface area contributed by atoms with E-state index in [0.29, 0.717) is 6.04 Å². The first kappa shape index (κ1) is 8.55. The lowest BCUT2D eigenvalue weighted by molar-refractivity contribution is 0.104. The van der Waals surface area contributed by atoms with E-state index in [2.05, 4.69) is 6.92 Å². The van der Waals surface area contributed by atoms with Crippen molar-refractivity contribution >= 4 is 0 Å². The zero-order chi connectivity index (χ0) is 8.55. The first-order chi connectivity index (χ1) is 5.77. The van der Waals surface area contributed by atoms with Gasteiger partial charge in [0.15, 0.2) is 0 Å². The molecule has 1 nitrogen and oxygen atoms in total. The molecule has 2 fully saturated rings. The SMILES string of the molecule is CC1CCCC2CC(N)CCC12. The zero-order valence-electron chi connectivity index (χ0n) is 8.13. The molecule has 0 saturated heterocycles. The van der Waals surface area contributed by atoms with Crippen LogP contribution < -0.4 is 5.73 Å². The molecule has 70 valence electrons. The molecule has 0 amide bonds. The van der Waals surface area contributed by atoms with Crippen molar-refractivity contribution in [3.63, 3.8) is 0 Å². The molecule has 0 bridgehead atoms. The Morgan fingerprint density at radius 3 is 2.75 bits per heavy atom. The maximum absolute atomic E-state index is 5.99. The minimum absolute atomic E-state index is 0.525. The lowest BCUT2D eigenvalue weighted by atomic mass is 9.65. The van der Waals surface area contributed by atoms with Crippen LogP contribution >= 0.6 is 0 Å². The van der Waals surface area contributed by atoms with Crippen molar-refractivity contribution in [2.75, 3.05) is 0 Å². The summed E-state index contributed by atoms with van der Waals surface area (Å²) in [6.07, 6.45) is 8.39. The Bertz CT molecular complexity index is 155. The van der Waals surface area contributed by atoms with Crippen LogP contribution in [-0.4, -0.2) is 6.04 Å². The van der Waals surface area contributed by atoms with Crippen molar-refractivity contribution in [2.45, 2.75) is 51.5 Å². The Balaban J connectivity index is 1.99. The minimum Gasteiger partial charge on any atom is -0.328 e. The average Bonchev–Trinajstić information content (AvgIpc) is 2.04. The van der Waals surface area contributed by atoms with Gasteiger partial charge < -0.3 is 5.73 Å². The lowest BCUT2D eigenvalue weighted by Crippen LogP contribution is -2.38. The first-order valence-corrected chi connectivity index (χ1v) is 5.53. The molecule has 4 unspecified atom stereocenters. The van der Waals surface area contributed by atoms with Gasteiger partial charge in [-0.25, -0.2) is 0 Å². The molecular formula is C11H21N. The van der Waals surface area contributed by atoms with E-state index in [1.807, 2.05) is 0 Å². The molecule has 4 atom stereocenters. The lowest BCUT2D eigenvalue weighted by Gasteiger charge is -2.42. The zero-order valence-corrected chi connectivity index (χ0v) is 8.13. The molecule has 0 heterocycles. The average molecular weight is 167 g/mol. The van der Waals surface area contributed by atoms with E-state index in [1.165, 1.54) is 38.5 Å². The molecule has 12 heavy (non-hydrogen) atoms. The Morgan fingerprint density at radius 2 is 1.92 bits per heavy atom. The summed E-state index contributed by atoms with van der Waals surface area (Å²) in [6.45, 7) is 2.44. The van der Waals surface area contributed by atoms with E-state index in [9.17, 15) is 0 Å². The van der Waals surface area contributed by atoms with E-state index in [0.717, 1.165) is 17.8 Å². The second-order valence-corrected chi connectivity index (χ2v) is 4.91. The van der Waals surface area contributed by atoms with Gasteiger partial charge in [-0.05, 0) is 37.0 Å². The van der Waals surface area contributed by atoms with Crippen LogP contribution in [0.1, 0.15) is 45.4 Å². The van der Waals surface area contributed by atoms with Crippen LogP contribution in [-0.2, 0) is 0 Å². The molecule has 0 aromatic carbocycles. The quantitative estimate of drug-likeness (QED) is 0.589. The van der Waals surface area contributed by atoms with Crippen LogP contribution in [0.15, 0.2) is 0 Å². The smallest absolute Gasteiger partial charge is 0.00416 e. The van der Waals surface area contributed by atoms with Crippen molar-refractivity contribution < 1.29 is 0 Å². The molecule has 0 aliphatic heterocycles. The number of hydrogen-bond acceptors (Lipinski definition) is 1. The van der Waals surface area contributed by atoms with Gasteiger partial charge in [0.1, 0.15) is 0 Å². The highest BCUT2D eigenvalue weighted by Gasteiger charge is 2.34. The van der Waals surface area contributed by atoms with Crippen LogP contribution in [0.2, 0.25) is 0 Å². The molecule has 0 aromatic rings. The molecule has 2 rings (SSSR count). The normalized spacial score (nSPS) is 48.5. The van der Waals surface area contributed by atoms with Gasteiger partial charge in [0.25, 0.3) is 0 Å². The van der Waals surface area contributed by atoms with E-state index in [1.54, 1.807) is 0 Å². The number of hydrogen-bond donors (Lipinski definition) is 1. The predicted molar refractivity (Wildman–Crippen MR) is 51.8 cm³/mol. The fourth-order valence-corrected chi connectivity index (χ4v) is 3.32. The highest BCUT2D eigenvalue weighted by atomic mass is 14.6. The number of rotatable bonds is 0. The monoisotopic (exact) mass is 167 g/mol. The number of fused-ring (bicyclic) bond motifs is 1. The fraction of sp³-hybridized carbons (Fsp3) is 1.00. The summed E-state index contributed by atoms with van der Waals surface area (Å²) < 4.78 is 0. The summed E-state index contributed by atoms with van der Waals surface area (Å²) in [6, 6.07) is 0.525. The molecule has 0 aromatic heterocycles. The van der Waals surface area contributed by atoms with Crippen molar-refractivity contribution in [3.8, 4) is 0 Å². The van der Waals surface area contributed by atoms with Gasteiger partial charge in [-0.15, -0.1) is 0 Å². The third-order valence-electron chi connectivity index (χ3n) is 4.05. The number of nitrogens with two attached hydrogens (primary N) is 1. The maximum Gasteiger partial charge on any atom is 0.00416 e. The van der Waals surface area contributed by atoms with Gasteiger partial charge in [0, 0.05) is 6.04 Å². The topological polar surface area (TPSA) is 26.0 Å². The van der Waals surface area contributed by atoms with Crippen LogP contribution in [0.25, 0.3) is 0 Å². The molecule has 2 saturated carbocycles. The third-order valence-corrected chi connectivity index (χ3v) is 4.05. The second-order valence-electron chi connectivity index (χ2n) is 4.91. The Morgan fingerprint density at radius 1 is 1.08 bits per heavy atom. The summed E-state index contributed by atoms with van der Waals surface area (Å²) in [5.41, 5.74) is 5.99. The van der Waals surface area contributed by atoms with Crippen molar-refractivity contribution in [2.24, 2.45) is 23.5 Å². The summed E-state index contributed by atoms with van der Waals surface area (Å²) in [4.78, 5) is 0. The van der Waals surface area contributed by atoms with Crippen LogP contribution in [0.3, 0.4) is 0 Å². The van der Waals surface area contributed by atoms with Crippen molar-refractivity contribution in [1.82, 2.24) is 0 Å². The molecule has 0 spiro atoms. The molecule has 1 heteroatoms. The van der Waals surface area contributed by atoms with Gasteiger partial charge >= 0.3 is 0 Å². The van der Waals surface area contributed by atoms with E-state index >= 15 is 0 Å². The highest BCUT2D eigenvalue weighted by molar-refractivity contribution is 4.87. The van der Waals surface area contributed by atoms with E-state index in [4.69, 9.17) is 5.73 Å². The van der Waals surface area contributed by atoms with Gasteiger partial charge in [-0.3, -0.25) is 0 Å². The second kappa shape index (κ2) is 3.37. The predicted octanol–water partition coefficient (Wildman–Crippen LogP) is 2.55. The maximum atomic E-state index is 5.99. The largest absolute Gasteiger partial charge is 0.328 e. The standard InChI is InChI=1S/C11H21N/c1-8-3-2-4-9-7-10(12)5-6-11(8)9/h8-11H,2-7,12H2,1H3. The Labute approximate surface area is 75.7 Å². The van der Waals surface area contributed by atoms with Crippen molar-refractivity contribution in [1.29, 1.82) is 0 Å². The van der Waals surface area contributed by atoms with Gasteiger partial charge in [-0.1, -0.05) is 26.2 Å². The highest BCUT2D eigenvalue weighted by Crippen LogP contribution is 2.43. The molecular weight excluding hydrogens is 146 g/mol. The third kappa shape index (κ3) is 1.52. The van der Waals surface area contributed by atoms with Gasteiger partial charge in [0.05, 0.1) is 0 Å². The van der Waals surface area contributed by atoms with Crippen LogP contribution in [0.5, 0.6) is 0 Å². The Hall–Kier alpha value is -0.0400.